The Morgan fingerprint density at radius 3 is 2.23 bits per heavy atom. The van der Waals surface area contributed by atoms with E-state index >= 15 is 0 Å². The zero-order valence-corrected chi connectivity index (χ0v) is 14.4. The number of nitrogens with zero attached hydrogens (tertiary/aromatic N) is 3. The summed E-state index contributed by atoms with van der Waals surface area (Å²) in [6.45, 7) is 13.9. The molecule has 0 aromatic carbocycles. The van der Waals surface area contributed by atoms with Crippen LogP contribution in [0.25, 0.3) is 0 Å². The van der Waals surface area contributed by atoms with Gasteiger partial charge in [-0.3, -0.25) is 9.69 Å². The van der Waals surface area contributed by atoms with Crippen molar-refractivity contribution in [2.24, 2.45) is 5.92 Å². The van der Waals surface area contributed by atoms with E-state index in [1.54, 1.807) is 0 Å². The van der Waals surface area contributed by atoms with E-state index in [1.807, 2.05) is 25.7 Å². The Morgan fingerprint density at radius 2 is 1.73 bits per heavy atom. The molecule has 2 bridgehead atoms. The molecule has 4 saturated heterocycles. The van der Waals surface area contributed by atoms with Gasteiger partial charge in [0.2, 0.25) is 0 Å². The number of amides is 1. The summed E-state index contributed by atoms with van der Waals surface area (Å²) in [5.41, 5.74) is -0.688. The number of piperazine rings is 1. The number of carbonyl (C=O) groups excluding carboxylic acids is 1. The summed E-state index contributed by atoms with van der Waals surface area (Å²) in [7, 11) is 0. The molecule has 5 heteroatoms. The van der Waals surface area contributed by atoms with Crippen LogP contribution in [0.4, 0.5) is 0 Å². The monoisotopic (exact) mass is 309 g/mol. The van der Waals surface area contributed by atoms with Crippen LogP contribution >= 0.6 is 0 Å². The van der Waals surface area contributed by atoms with Gasteiger partial charge >= 0.3 is 0 Å². The highest BCUT2D eigenvalue weighted by Crippen LogP contribution is 2.31. The van der Waals surface area contributed by atoms with E-state index in [4.69, 9.17) is 4.74 Å². The average molecular weight is 309 g/mol. The van der Waals surface area contributed by atoms with Gasteiger partial charge in [-0.2, -0.15) is 0 Å². The zero-order valence-electron chi connectivity index (χ0n) is 14.4. The first kappa shape index (κ1) is 16.2. The molecular weight excluding hydrogens is 278 g/mol. The number of ether oxygens (including phenoxy) is 1. The molecule has 4 heterocycles. The highest BCUT2D eigenvalue weighted by molar-refractivity contribution is 5.84. The zero-order chi connectivity index (χ0) is 15.7. The van der Waals surface area contributed by atoms with Gasteiger partial charge in [0.25, 0.3) is 5.91 Å². The number of rotatable bonds is 4. The summed E-state index contributed by atoms with van der Waals surface area (Å²) < 4.78 is 5.62. The average Bonchev–Trinajstić information content (AvgIpc) is 2.55. The minimum atomic E-state index is -0.688. The van der Waals surface area contributed by atoms with Crippen LogP contribution in [0, 0.1) is 5.92 Å². The first-order chi connectivity index (χ1) is 10.5. The third kappa shape index (κ3) is 3.17. The first-order valence-electron chi connectivity index (χ1n) is 8.91. The van der Waals surface area contributed by atoms with Crippen molar-refractivity contribution in [2.45, 2.75) is 45.3 Å². The van der Waals surface area contributed by atoms with E-state index < -0.39 is 5.60 Å². The highest BCUT2D eigenvalue weighted by Gasteiger charge is 2.40. The van der Waals surface area contributed by atoms with E-state index in [0.29, 0.717) is 6.61 Å². The fourth-order valence-electron chi connectivity index (χ4n) is 4.41. The lowest BCUT2D eigenvalue weighted by Gasteiger charge is -2.51. The van der Waals surface area contributed by atoms with Gasteiger partial charge in [0.15, 0.2) is 0 Å². The van der Waals surface area contributed by atoms with Crippen LogP contribution in [0.2, 0.25) is 0 Å². The molecule has 1 amide bonds. The maximum Gasteiger partial charge on any atom is 0.254 e. The summed E-state index contributed by atoms with van der Waals surface area (Å²) >= 11 is 0. The van der Waals surface area contributed by atoms with Gasteiger partial charge in [0.1, 0.15) is 5.60 Å². The number of fused-ring (bicyclic) bond motifs is 3. The third-order valence-corrected chi connectivity index (χ3v) is 5.71. The van der Waals surface area contributed by atoms with Crippen molar-refractivity contribution in [1.82, 2.24) is 14.7 Å². The van der Waals surface area contributed by atoms with Crippen LogP contribution in [0.1, 0.15) is 33.6 Å². The van der Waals surface area contributed by atoms with Crippen LogP contribution < -0.4 is 0 Å². The number of piperidine rings is 3. The number of hydrogen-bond donors (Lipinski definition) is 0. The van der Waals surface area contributed by atoms with Gasteiger partial charge in [-0.1, -0.05) is 0 Å². The van der Waals surface area contributed by atoms with E-state index in [1.165, 1.54) is 32.5 Å². The molecule has 5 nitrogen and oxygen atoms in total. The van der Waals surface area contributed by atoms with E-state index in [2.05, 4.69) is 9.80 Å². The van der Waals surface area contributed by atoms with Crippen molar-refractivity contribution >= 4 is 5.91 Å². The van der Waals surface area contributed by atoms with Crippen LogP contribution in [-0.4, -0.2) is 84.7 Å². The minimum absolute atomic E-state index is 0.142. The third-order valence-electron chi connectivity index (χ3n) is 5.71. The maximum atomic E-state index is 12.6. The first-order valence-corrected chi connectivity index (χ1v) is 8.91. The van der Waals surface area contributed by atoms with Gasteiger partial charge in [-0.15, -0.1) is 0 Å². The van der Waals surface area contributed by atoms with Crippen LogP contribution in [0.3, 0.4) is 0 Å². The molecule has 126 valence electrons. The molecule has 1 atom stereocenters. The molecule has 4 rings (SSSR count). The number of hydrogen-bond acceptors (Lipinski definition) is 4. The van der Waals surface area contributed by atoms with Crippen molar-refractivity contribution in [3.8, 4) is 0 Å². The summed E-state index contributed by atoms with van der Waals surface area (Å²) in [5, 5.41) is 0. The predicted octanol–water partition coefficient (Wildman–Crippen LogP) is 1.04. The summed E-state index contributed by atoms with van der Waals surface area (Å²) in [5.74, 6) is 1.02. The van der Waals surface area contributed by atoms with E-state index in [0.717, 1.165) is 38.1 Å². The lowest BCUT2D eigenvalue weighted by atomic mass is 9.83. The highest BCUT2D eigenvalue weighted by atomic mass is 16.5. The van der Waals surface area contributed by atoms with Gasteiger partial charge in [0.05, 0.1) is 0 Å². The lowest BCUT2D eigenvalue weighted by Crippen LogP contribution is -2.62. The molecule has 0 aliphatic carbocycles. The van der Waals surface area contributed by atoms with Crippen LogP contribution in [0.5, 0.6) is 0 Å². The topological polar surface area (TPSA) is 36.0 Å². The molecule has 0 N–H and O–H groups in total. The molecule has 4 aliphatic rings. The Morgan fingerprint density at radius 1 is 1.09 bits per heavy atom. The van der Waals surface area contributed by atoms with Gasteiger partial charge < -0.3 is 14.5 Å². The van der Waals surface area contributed by atoms with E-state index in [9.17, 15) is 4.79 Å². The van der Waals surface area contributed by atoms with Crippen molar-refractivity contribution in [1.29, 1.82) is 0 Å². The van der Waals surface area contributed by atoms with Crippen molar-refractivity contribution in [3.63, 3.8) is 0 Å². The molecule has 0 unspecified atom stereocenters. The second kappa shape index (κ2) is 6.46. The standard InChI is InChI=1S/C17H31N3O2/c1-4-22-17(2,3)16(21)20-11-9-19(10-12-20)15-13-18-7-5-14(15)6-8-18/h14-15H,4-13H2,1-3H3/t15-/m1/s1. The molecule has 0 spiro atoms. The normalized spacial score (nSPS) is 33.2. The smallest absolute Gasteiger partial charge is 0.254 e. The molecule has 0 saturated carbocycles. The maximum absolute atomic E-state index is 12.6. The molecule has 0 radical (unpaired) electrons. The van der Waals surface area contributed by atoms with Gasteiger partial charge in [-0.25, -0.2) is 0 Å². The summed E-state index contributed by atoms with van der Waals surface area (Å²) in [6, 6.07) is 0.722. The Balaban J connectivity index is 1.53. The predicted molar refractivity (Wildman–Crippen MR) is 86.8 cm³/mol. The molecule has 22 heavy (non-hydrogen) atoms. The minimum Gasteiger partial charge on any atom is -0.366 e. The quantitative estimate of drug-likeness (QED) is 0.777. The Bertz CT molecular complexity index is 397. The number of carbonyl (C=O) groups is 1. The van der Waals surface area contributed by atoms with Crippen LogP contribution in [-0.2, 0) is 9.53 Å². The van der Waals surface area contributed by atoms with E-state index in [-0.39, 0.29) is 5.91 Å². The summed E-state index contributed by atoms with van der Waals surface area (Å²) in [4.78, 5) is 19.8. The van der Waals surface area contributed by atoms with Gasteiger partial charge in [0, 0.05) is 45.4 Å². The summed E-state index contributed by atoms with van der Waals surface area (Å²) in [6.07, 6.45) is 2.72. The molecule has 0 aromatic heterocycles. The second-order valence-electron chi connectivity index (χ2n) is 7.48. The second-order valence-corrected chi connectivity index (χ2v) is 7.48. The fourth-order valence-corrected chi connectivity index (χ4v) is 4.41. The molecule has 4 aliphatic heterocycles. The molecular formula is C17H31N3O2. The van der Waals surface area contributed by atoms with Crippen molar-refractivity contribution in [3.05, 3.63) is 0 Å². The Hall–Kier alpha value is -0.650. The van der Waals surface area contributed by atoms with Crippen molar-refractivity contribution < 1.29 is 9.53 Å². The lowest BCUT2D eigenvalue weighted by molar-refractivity contribution is -0.156. The fraction of sp³-hybridized carbons (Fsp3) is 0.941. The molecule has 4 fully saturated rings. The Kier molecular flexibility index (Phi) is 4.76. The van der Waals surface area contributed by atoms with Gasteiger partial charge in [-0.05, 0) is 52.6 Å². The van der Waals surface area contributed by atoms with Crippen LogP contribution in [0.15, 0.2) is 0 Å². The Labute approximate surface area is 134 Å². The van der Waals surface area contributed by atoms with Crippen molar-refractivity contribution in [2.75, 3.05) is 52.4 Å². The largest absolute Gasteiger partial charge is 0.366 e. The SMILES string of the molecule is CCOC(C)(C)C(=O)N1CCN([C@@H]2CN3CCC2CC3)CC1. The molecule has 0 aromatic rings.